The van der Waals surface area contributed by atoms with Crippen molar-refractivity contribution >= 4 is 74.0 Å². The lowest BCUT2D eigenvalue weighted by molar-refractivity contribution is -0.141. The number of nitrogens with zero attached hydrogens (tertiary/aromatic N) is 6. The normalized spacial score (nSPS) is 18.0. The van der Waals surface area contributed by atoms with Crippen LogP contribution in [-0.2, 0) is 17.9 Å². The van der Waals surface area contributed by atoms with Crippen LogP contribution in [0.2, 0.25) is 10.0 Å². The monoisotopic (exact) mass is 734 g/mol. The Balaban J connectivity index is 1.02. The van der Waals surface area contributed by atoms with Gasteiger partial charge < -0.3 is 20.8 Å². The highest BCUT2D eigenvalue weighted by molar-refractivity contribution is 6.39. The van der Waals surface area contributed by atoms with Gasteiger partial charge in [0.15, 0.2) is 11.6 Å². The van der Waals surface area contributed by atoms with E-state index in [-0.39, 0.29) is 12.0 Å². The molecule has 2 unspecified atom stereocenters. The number of nitrogens with one attached hydrogen (secondary N) is 2. The molecule has 0 radical (unpaired) electrons. The Hall–Kier alpha value is -4.91. The number of β-amino-alcohol motifs (C(OH)–C–C–N with tert-alkyl or cyclic N) is 1. The van der Waals surface area contributed by atoms with Crippen LogP contribution in [0.3, 0.4) is 0 Å². The summed E-state index contributed by atoms with van der Waals surface area (Å²) in [4.78, 5) is 34.4. The Morgan fingerprint density at radius 2 is 1.25 bits per heavy atom. The fraction of sp³-hybridized carbons (Fsp3) is 0.256. The van der Waals surface area contributed by atoms with E-state index >= 15 is 0 Å². The van der Waals surface area contributed by atoms with Gasteiger partial charge in [-0.25, -0.2) is 9.97 Å². The third-order valence-corrected chi connectivity index (χ3v) is 10.6. The molecule has 0 amide bonds. The highest BCUT2D eigenvalue weighted by Crippen LogP contribution is 2.42. The van der Waals surface area contributed by atoms with Crippen molar-refractivity contribution in [3.8, 4) is 11.1 Å². The summed E-state index contributed by atoms with van der Waals surface area (Å²) in [6, 6.07) is 19.5. The first-order valence-electron chi connectivity index (χ1n) is 17.2. The summed E-state index contributed by atoms with van der Waals surface area (Å²) in [7, 11) is 0. The van der Waals surface area contributed by atoms with Crippen LogP contribution in [-0.4, -0.2) is 78.2 Å². The Kier molecular flexibility index (Phi) is 9.61. The van der Waals surface area contributed by atoms with E-state index in [1.54, 1.807) is 12.4 Å². The van der Waals surface area contributed by atoms with Crippen LogP contribution in [0.15, 0.2) is 85.5 Å². The number of carbonyl (C=O) groups is 1. The van der Waals surface area contributed by atoms with Gasteiger partial charge >= 0.3 is 5.97 Å². The molecule has 264 valence electrons. The molecule has 6 aromatic rings. The fourth-order valence-corrected chi connectivity index (χ4v) is 7.70. The number of carboxylic acid groups (broad SMARTS) is 1. The van der Waals surface area contributed by atoms with Gasteiger partial charge in [0, 0.05) is 79.4 Å². The molecule has 0 aliphatic carbocycles. The van der Waals surface area contributed by atoms with Crippen molar-refractivity contribution in [2.75, 3.05) is 36.8 Å². The summed E-state index contributed by atoms with van der Waals surface area (Å²) in [6.45, 7) is 4.21. The van der Waals surface area contributed by atoms with E-state index in [0.717, 1.165) is 64.6 Å². The minimum Gasteiger partial charge on any atom is -0.481 e. The fourth-order valence-electron chi connectivity index (χ4n) is 7.15. The van der Waals surface area contributed by atoms with E-state index in [4.69, 9.17) is 33.2 Å². The van der Waals surface area contributed by atoms with Crippen LogP contribution in [0.4, 0.5) is 23.0 Å². The van der Waals surface area contributed by atoms with Gasteiger partial charge in [-0.2, -0.15) is 0 Å². The maximum atomic E-state index is 11.4. The van der Waals surface area contributed by atoms with Gasteiger partial charge in [0.1, 0.15) is 11.0 Å². The molecular formula is C39H36Cl2N8O3. The number of aliphatic hydroxyl groups excluding tert-OH is 1. The predicted octanol–water partition coefficient (Wildman–Crippen LogP) is 7.51. The van der Waals surface area contributed by atoms with E-state index in [1.807, 2.05) is 60.9 Å². The number of anilines is 4. The number of pyridine rings is 4. The minimum absolute atomic E-state index is 0.264. The number of carboxylic acids is 1. The average Bonchev–Trinajstić information content (AvgIpc) is 3.79. The Bertz CT molecular complexity index is 2310. The zero-order valence-electron chi connectivity index (χ0n) is 28.1. The number of fused-ring (bicyclic) bond motifs is 2. The molecule has 2 fully saturated rings. The third-order valence-electron chi connectivity index (χ3n) is 9.79. The average molecular weight is 736 g/mol. The lowest BCUT2D eigenvalue weighted by atomic mass is 10.0. The molecule has 2 aliphatic heterocycles. The first-order valence-corrected chi connectivity index (χ1v) is 18.0. The van der Waals surface area contributed by atoms with E-state index in [9.17, 15) is 15.0 Å². The first-order chi connectivity index (χ1) is 25.3. The smallest absolute Gasteiger partial charge is 0.307 e. The molecule has 2 atom stereocenters. The molecule has 0 spiro atoms. The second kappa shape index (κ2) is 14.6. The van der Waals surface area contributed by atoms with Crippen LogP contribution in [0.1, 0.15) is 24.0 Å². The highest BCUT2D eigenvalue weighted by Gasteiger charge is 2.28. The number of aliphatic carboxylic acids is 1. The maximum absolute atomic E-state index is 11.4. The van der Waals surface area contributed by atoms with Gasteiger partial charge in [-0.3, -0.25) is 24.6 Å². The van der Waals surface area contributed by atoms with E-state index in [2.05, 4.69) is 42.5 Å². The summed E-state index contributed by atoms with van der Waals surface area (Å²) in [5.41, 5.74) is 6.30. The maximum Gasteiger partial charge on any atom is 0.307 e. The van der Waals surface area contributed by atoms with Crippen LogP contribution >= 0.6 is 23.2 Å². The molecule has 2 saturated heterocycles. The summed E-state index contributed by atoms with van der Waals surface area (Å²) >= 11 is 14.1. The van der Waals surface area contributed by atoms with Crippen molar-refractivity contribution in [2.45, 2.75) is 32.0 Å². The number of hydrogen-bond donors (Lipinski definition) is 4. The largest absolute Gasteiger partial charge is 0.481 e. The third kappa shape index (κ3) is 7.10. The second-order valence-corrected chi connectivity index (χ2v) is 14.2. The molecule has 4 aromatic heterocycles. The molecule has 4 N–H and O–H groups in total. The summed E-state index contributed by atoms with van der Waals surface area (Å²) in [5.74, 6) is 0.0884. The quantitative estimate of drug-likeness (QED) is 0.111. The molecule has 8 rings (SSSR count). The van der Waals surface area contributed by atoms with Crippen molar-refractivity contribution in [1.82, 2.24) is 29.7 Å². The SMILES string of the molecule is O=C(O)C1CCN(Cc2cnc3c(Nc4cccc(-c5cccc(Nc6nccc7cc(CN8CCC(O)C8)cnc67)c5Cl)c4Cl)nccc3c2)C1. The minimum atomic E-state index is -0.739. The topological polar surface area (TPSA) is 140 Å². The lowest BCUT2D eigenvalue weighted by Crippen LogP contribution is -2.22. The van der Waals surface area contributed by atoms with Gasteiger partial charge in [-0.15, -0.1) is 0 Å². The number of halogens is 2. The van der Waals surface area contributed by atoms with Crippen LogP contribution in [0.5, 0.6) is 0 Å². The summed E-state index contributed by atoms with van der Waals surface area (Å²) < 4.78 is 0. The molecular weight excluding hydrogens is 699 g/mol. The number of rotatable bonds is 10. The highest BCUT2D eigenvalue weighted by atomic mass is 35.5. The van der Waals surface area contributed by atoms with E-state index in [0.29, 0.717) is 64.6 Å². The van der Waals surface area contributed by atoms with Crippen molar-refractivity contribution in [2.24, 2.45) is 5.92 Å². The molecule has 13 heteroatoms. The standard InChI is InChI=1S/C39H36Cl2N8O3/c40-33-29(3-1-5-31(33)46-37-35-25(7-11-42-37)15-23(17-44-35)19-48-13-9-27(21-48)39(51)52)30-4-2-6-32(34(30)41)47-38-36-26(8-12-43-38)16-24(18-45-36)20-49-14-10-28(50)22-49/h1-8,11-12,15-18,27-28,50H,9-10,13-14,19-22H2,(H,42,46)(H,43,47)(H,51,52). The van der Waals surface area contributed by atoms with Gasteiger partial charge in [-0.05, 0) is 66.9 Å². The Morgan fingerprint density at radius 1 is 0.731 bits per heavy atom. The lowest BCUT2D eigenvalue weighted by Gasteiger charge is -2.17. The van der Waals surface area contributed by atoms with Gasteiger partial charge in [0.2, 0.25) is 0 Å². The number of aromatic nitrogens is 4. The molecule has 2 aliphatic rings. The van der Waals surface area contributed by atoms with Gasteiger partial charge in [0.05, 0.1) is 33.4 Å². The molecule has 2 aromatic carbocycles. The van der Waals surface area contributed by atoms with Crippen molar-refractivity contribution in [1.29, 1.82) is 0 Å². The number of aliphatic hydroxyl groups is 1. The summed E-state index contributed by atoms with van der Waals surface area (Å²) in [6.07, 6.45) is 8.35. The predicted molar refractivity (Wildman–Crippen MR) is 204 cm³/mol. The van der Waals surface area contributed by atoms with Crippen molar-refractivity contribution < 1.29 is 15.0 Å². The molecule has 0 bridgehead atoms. The van der Waals surface area contributed by atoms with Crippen molar-refractivity contribution in [3.05, 3.63) is 107 Å². The molecule has 0 saturated carbocycles. The van der Waals surface area contributed by atoms with Crippen molar-refractivity contribution in [3.63, 3.8) is 0 Å². The second-order valence-electron chi connectivity index (χ2n) is 13.5. The number of benzene rings is 2. The van der Waals surface area contributed by atoms with Crippen LogP contribution in [0.25, 0.3) is 32.9 Å². The first kappa shape index (κ1) is 34.2. The number of likely N-dealkylation sites (tertiary alicyclic amines) is 2. The summed E-state index contributed by atoms with van der Waals surface area (Å²) in [5, 5.41) is 28.9. The molecule has 6 heterocycles. The van der Waals surface area contributed by atoms with Gasteiger partial charge in [0.25, 0.3) is 0 Å². The number of hydrogen-bond acceptors (Lipinski definition) is 10. The van der Waals surface area contributed by atoms with Gasteiger partial charge in [-0.1, -0.05) is 47.5 Å². The van der Waals surface area contributed by atoms with Crippen LogP contribution < -0.4 is 10.6 Å². The molecule has 52 heavy (non-hydrogen) atoms. The molecule has 11 nitrogen and oxygen atoms in total. The Morgan fingerprint density at radius 3 is 1.73 bits per heavy atom. The Labute approximate surface area is 310 Å². The zero-order chi connectivity index (χ0) is 35.8. The van der Waals surface area contributed by atoms with Crippen LogP contribution in [0, 0.1) is 5.92 Å². The van der Waals surface area contributed by atoms with E-state index < -0.39 is 5.97 Å². The zero-order valence-corrected chi connectivity index (χ0v) is 29.6. The van der Waals surface area contributed by atoms with E-state index in [1.165, 1.54) is 0 Å².